The SMILES string of the molecule is CCNC(=NCC(C)Oc1ccccc1OC)NC1CCN(CC2CCOC2)CC1. The van der Waals surface area contributed by atoms with E-state index in [1.54, 1.807) is 7.11 Å². The summed E-state index contributed by atoms with van der Waals surface area (Å²) in [6, 6.07) is 8.18. The van der Waals surface area contributed by atoms with E-state index in [4.69, 9.17) is 19.2 Å². The van der Waals surface area contributed by atoms with Crippen LogP contribution < -0.4 is 20.1 Å². The topological polar surface area (TPSA) is 67.4 Å². The molecule has 2 atom stereocenters. The summed E-state index contributed by atoms with van der Waals surface area (Å²) >= 11 is 0. The number of hydrogen-bond acceptors (Lipinski definition) is 5. The zero-order chi connectivity index (χ0) is 21.2. The van der Waals surface area contributed by atoms with Crippen LogP contribution >= 0.6 is 0 Å². The second-order valence-electron chi connectivity index (χ2n) is 8.25. The Hall–Kier alpha value is -1.99. The van der Waals surface area contributed by atoms with Gasteiger partial charge in [0.2, 0.25) is 0 Å². The van der Waals surface area contributed by atoms with Gasteiger partial charge >= 0.3 is 0 Å². The number of nitrogens with zero attached hydrogens (tertiary/aromatic N) is 2. The summed E-state index contributed by atoms with van der Waals surface area (Å²) in [5.41, 5.74) is 0. The molecule has 7 heteroatoms. The first-order valence-electron chi connectivity index (χ1n) is 11.3. The lowest BCUT2D eigenvalue weighted by Gasteiger charge is -2.34. The van der Waals surface area contributed by atoms with Crippen LogP contribution in [0.5, 0.6) is 11.5 Å². The Labute approximate surface area is 181 Å². The third-order valence-corrected chi connectivity index (χ3v) is 5.72. The van der Waals surface area contributed by atoms with E-state index in [0.29, 0.717) is 12.6 Å². The molecule has 0 aromatic heterocycles. The van der Waals surface area contributed by atoms with Crippen LogP contribution in [-0.2, 0) is 4.74 Å². The van der Waals surface area contributed by atoms with Crippen LogP contribution in [0.4, 0.5) is 0 Å². The van der Waals surface area contributed by atoms with Crippen molar-refractivity contribution in [2.24, 2.45) is 10.9 Å². The Bertz CT molecular complexity index is 656. The number of aliphatic imine (C=N–C) groups is 1. The lowest BCUT2D eigenvalue weighted by Crippen LogP contribution is -2.49. The zero-order valence-electron chi connectivity index (χ0n) is 18.7. The molecule has 2 unspecified atom stereocenters. The Kier molecular flexibility index (Phi) is 9.08. The molecular formula is C23H38N4O3. The second-order valence-corrected chi connectivity index (χ2v) is 8.25. The van der Waals surface area contributed by atoms with Crippen LogP contribution in [0.3, 0.4) is 0 Å². The van der Waals surface area contributed by atoms with Gasteiger partial charge in [-0.05, 0) is 51.2 Å². The third kappa shape index (κ3) is 7.06. The molecule has 0 saturated carbocycles. The highest BCUT2D eigenvalue weighted by Gasteiger charge is 2.24. The van der Waals surface area contributed by atoms with Crippen LogP contribution in [0, 0.1) is 5.92 Å². The fourth-order valence-electron chi connectivity index (χ4n) is 4.06. The minimum Gasteiger partial charge on any atom is -0.493 e. The zero-order valence-corrected chi connectivity index (χ0v) is 18.7. The van der Waals surface area contributed by atoms with E-state index in [0.717, 1.165) is 69.1 Å². The Morgan fingerprint density at radius 3 is 2.67 bits per heavy atom. The normalized spacial score (nSPS) is 22.0. The van der Waals surface area contributed by atoms with Crippen LogP contribution in [0.25, 0.3) is 0 Å². The maximum absolute atomic E-state index is 6.03. The van der Waals surface area contributed by atoms with Crippen LogP contribution in [0.1, 0.15) is 33.1 Å². The van der Waals surface area contributed by atoms with Crippen molar-refractivity contribution in [3.05, 3.63) is 24.3 Å². The monoisotopic (exact) mass is 418 g/mol. The molecule has 2 fully saturated rings. The molecular weight excluding hydrogens is 380 g/mol. The maximum Gasteiger partial charge on any atom is 0.191 e. The minimum atomic E-state index is -0.0489. The molecule has 7 nitrogen and oxygen atoms in total. The summed E-state index contributed by atoms with van der Waals surface area (Å²) in [6.07, 6.45) is 3.45. The molecule has 168 valence electrons. The Morgan fingerprint density at radius 1 is 1.23 bits per heavy atom. The van der Waals surface area contributed by atoms with Gasteiger partial charge in [0.1, 0.15) is 6.10 Å². The van der Waals surface area contributed by atoms with E-state index in [9.17, 15) is 0 Å². The number of guanidine groups is 1. The van der Waals surface area contributed by atoms with Gasteiger partial charge in [0, 0.05) is 38.8 Å². The van der Waals surface area contributed by atoms with Gasteiger partial charge in [-0.3, -0.25) is 0 Å². The van der Waals surface area contributed by atoms with Gasteiger partial charge in [0.25, 0.3) is 0 Å². The molecule has 0 radical (unpaired) electrons. The van der Waals surface area contributed by atoms with Gasteiger partial charge in [0.15, 0.2) is 17.5 Å². The highest BCUT2D eigenvalue weighted by atomic mass is 16.5. The summed E-state index contributed by atoms with van der Waals surface area (Å²) in [5.74, 6) is 3.09. The molecule has 0 bridgehead atoms. The van der Waals surface area contributed by atoms with Gasteiger partial charge in [-0.2, -0.15) is 0 Å². The predicted molar refractivity (Wildman–Crippen MR) is 121 cm³/mol. The molecule has 0 aliphatic carbocycles. The Balaban J connectivity index is 1.44. The summed E-state index contributed by atoms with van der Waals surface area (Å²) in [4.78, 5) is 7.35. The van der Waals surface area contributed by atoms with E-state index in [1.807, 2.05) is 31.2 Å². The molecule has 30 heavy (non-hydrogen) atoms. The predicted octanol–water partition coefficient (Wildman–Crippen LogP) is 2.52. The first-order chi connectivity index (χ1) is 14.7. The van der Waals surface area contributed by atoms with Gasteiger partial charge in [-0.1, -0.05) is 12.1 Å². The van der Waals surface area contributed by atoms with Crippen molar-refractivity contribution < 1.29 is 14.2 Å². The molecule has 0 spiro atoms. The van der Waals surface area contributed by atoms with E-state index in [-0.39, 0.29) is 6.10 Å². The molecule has 2 saturated heterocycles. The lowest BCUT2D eigenvalue weighted by atomic mass is 10.0. The second kappa shape index (κ2) is 12.0. The highest BCUT2D eigenvalue weighted by molar-refractivity contribution is 5.80. The van der Waals surface area contributed by atoms with Gasteiger partial charge < -0.3 is 29.7 Å². The summed E-state index contributed by atoms with van der Waals surface area (Å²) in [6.45, 7) is 10.9. The van der Waals surface area contributed by atoms with Crippen LogP contribution in [-0.4, -0.2) is 76.1 Å². The molecule has 2 heterocycles. The average molecular weight is 419 g/mol. The minimum absolute atomic E-state index is 0.0489. The molecule has 2 aliphatic rings. The van der Waals surface area contributed by atoms with E-state index in [2.05, 4.69) is 22.5 Å². The fraction of sp³-hybridized carbons (Fsp3) is 0.696. The highest BCUT2D eigenvalue weighted by Crippen LogP contribution is 2.26. The summed E-state index contributed by atoms with van der Waals surface area (Å²) in [7, 11) is 1.66. The molecule has 1 aromatic carbocycles. The number of piperidine rings is 1. The number of para-hydroxylation sites is 2. The number of hydrogen-bond donors (Lipinski definition) is 2. The van der Waals surface area contributed by atoms with Gasteiger partial charge in [-0.25, -0.2) is 4.99 Å². The van der Waals surface area contributed by atoms with Gasteiger partial charge in [0.05, 0.1) is 20.3 Å². The standard InChI is InChI=1S/C23H38N4O3/c1-4-24-23(25-15-18(2)30-22-8-6-5-7-21(22)28-3)26-20-9-12-27(13-10-20)16-19-11-14-29-17-19/h5-8,18-20H,4,9-17H2,1-3H3,(H2,24,25,26). The van der Waals surface area contributed by atoms with Crippen molar-refractivity contribution in [3.63, 3.8) is 0 Å². The van der Waals surface area contributed by atoms with Crippen LogP contribution in [0.15, 0.2) is 29.3 Å². The van der Waals surface area contributed by atoms with E-state index < -0.39 is 0 Å². The van der Waals surface area contributed by atoms with Gasteiger partial charge in [-0.15, -0.1) is 0 Å². The number of nitrogens with one attached hydrogen (secondary N) is 2. The van der Waals surface area contributed by atoms with Crippen LogP contribution in [0.2, 0.25) is 0 Å². The number of rotatable bonds is 9. The number of benzene rings is 1. The Morgan fingerprint density at radius 2 is 2.00 bits per heavy atom. The molecule has 1 aromatic rings. The van der Waals surface area contributed by atoms with Crippen molar-refractivity contribution in [2.75, 3.05) is 53.0 Å². The largest absolute Gasteiger partial charge is 0.493 e. The molecule has 2 aliphatic heterocycles. The van der Waals surface area contributed by atoms with E-state index >= 15 is 0 Å². The smallest absolute Gasteiger partial charge is 0.191 e. The first kappa shape index (κ1) is 22.7. The quantitative estimate of drug-likeness (QED) is 0.475. The first-order valence-corrected chi connectivity index (χ1v) is 11.3. The van der Waals surface area contributed by atoms with E-state index in [1.165, 1.54) is 13.0 Å². The molecule has 3 rings (SSSR count). The summed E-state index contributed by atoms with van der Waals surface area (Å²) in [5, 5.41) is 6.99. The third-order valence-electron chi connectivity index (χ3n) is 5.72. The number of likely N-dealkylation sites (tertiary alicyclic amines) is 1. The number of ether oxygens (including phenoxy) is 3. The van der Waals surface area contributed by atoms with Crippen molar-refractivity contribution in [3.8, 4) is 11.5 Å². The number of methoxy groups -OCH3 is 1. The maximum atomic E-state index is 6.03. The summed E-state index contributed by atoms with van der Waals surface area (Å²) < 4.78 is 16.9. The average Bonchev–Trinajstić information content (AvgIpc) is 3.27. The van der Waals surface area contributed by atoms with Crippen molar-refractivity contribution >= 4 is 5.96 Å². The fourth-order valence-corrected chi connectivity index (χ4v) is 4.06. The van der Waals surface area contributed by atoms with Crippen molar-refractivity contribution in [2.45, 2.75) is 45.3 Å². The molecule has 2 N–H and O–H groups in total. The van der Waals surface area contributed by atoms with Crippen molar-refractivity contribution in [1.29, 1.82) is 0 Å². The van der Waals surface area contributed by atoms with Crippen molar-refractivity contribution in [1.82, 2.24) is 15.5 Å². The lowest BCUT2D eigenvalue weighted by molar-refractivity contribution is 0.150. The molecule has 0 amide bonds.